The Bertz CT molecular complexity index is 376. The number of aromatic nitrogens is 1. The largest absolute Gasteiger partial charge is 0.433 e. The minimum absolute atomic E-state index is 0.0857. The van der Waals surface area contributed by atoms with Gasteiger partial charge in [-0.2, -0.15) is 13.2 Å². The van der Waals surface area contributed by atoms with Crippen LogP contribution < -0.4 is 5.32 Å². The normalized spacial score (nSPS) is 13.3. The van der Waals surface area contributed by atoms with Crippen LogP contribution in [0.25, 0.3) is 0 Å². The van der Waals surface area contributed by atoms with Crippen molar-refractivity contribution in [2.45, 2.75) is 32.4 Å². The van der Waals surface area contributed by atoms with Gasteiger partial charge in [-0.3, -0.25) is 0 Å². The highest BCUT2D eigenvalue weighted by Crippen LogP contribution is 2.28. The molecule has 0 fully saturated rings. The van der Waals surface area contributed by atoms with Crippen LogP contribution in [0, 0.1) is 5.92 Å². The average Bonchev–Trinajstić information content (AvgIpc) is 2.36. The molecule has 0 aliphatic rings. The lowest BCUT2D eigenvalue weighted by Crippen LogP contribution is -2.17. The van der Waals surface area contributed by atoms with Crippen LogP contribution in [-0.2, 0) is 6.18 Å². The molecule has 19 heavy (non-hydrogen) atoms. The number of hydrogen-bond donors (Lipinski definition) is 2. The first-order valence-corrected chi connectivity index (χ1v) is 6.36. The topological polar surface area (TPSA) is 45.1 Å². The molecule has 1 heterocycles. The van der Waals surface area contributed by atoms with Crippen LogP contribution in [-0.4, -0.2) is 23.2 Å². The van der Waals surface area contributed by atoms with E-state index < -0.39 is 11.9 Å². The molecule has 0 amide bonds. The number of nitrogens with one attached hydrogen (secondary N) is 1. The molecule has 0 saturated carbocycles. The summed E-state index contributed by atoms with van der Waals surface area (Å²) in [5.41, 5.74) is -0.897. The zero-order chi connectivity index (χ0) is 14.3. The first-order chi connectivity index (χ1) is 8.97. The van der Waals surface area contributed by atoms with Crippen LogP contribution in [0.3, 0.4) is 0 Å². The zero-order valence-electron chi connectivity index (χ0n) is 10.9. The molecule has 1 atom stereocenters. The summed E-state index contributed by atoms with van der Waals surface area (Å²) in [6.07, 6.45) is -1.89. The third-order valence-electron chi connectivity index (χ3n) is 2.85. The molecule has 108 valence electrons. The van der Waals surface area contributed by atoms with Crippen molar-refractivity contribution < 1.29 is 18.3 Å². The lowest BCUT2D eigenvalue weighted by molar-refractivity contribution is -0.141. The minimum Gasteiger partial charge on any atom is -0.396 e. The number of aliphatic hydroxyl groups is 1. The Morgan fingerprint density at radius 1 is 1.32 bits per heavy atom. The van der Waals surface area contributed by atoms with Crippen molar-refractivity contribution in [1.29, 1.82) is 0 Å². The number of pyridine rings is 1. The molecule has 1 aromatic rings. The van der Waals surface area contributed by atoms with Gasteiger partial charge in [0.15, 0.2) is 0 Å². The SMILES string of the molecule is CCCC(CCO)CNc1cccc(C(F)(F)F)n1. The Kier molecular flexibility index (Phi) is 6.08. The van der Waals surface area contributed by atoms with Crippen LogP contribution in [0.5, 0.6) is 0 Å². The summed E-state index contributed by atoms with van der Waals surface area (Å²) >= 11 is 0. The van der Waals surface area contributed by atoms with Gasteiger partial charge in [0.25, 0.3) is 0 Å². The van der Waals surface area contributed by atoms with Crippen LogP contribution in [0.4, 0.5) is 19.0 Å². The molecule has 0 bridgehead atoms. The van der Waals surface area contributed by atoms with Crippen molar-refractivity contribution in [2.75, 3.05) is 18.5 Å². The van der Waals surface area contributed by atoms with Gasteiger partial charge in [0.1, 0.15) is 11.5 Å². The van der Waals surface area contributed by atoms with E-state index in [-0.39, 0.29) is 18.3 Å². The Morgan fingerprint density at radius 2 is 2.05 bits per heavy atom. The number of rotatable bonds is 7. The van der Waals surface area contributed by atoms with E-state index in [9.17, 15) is 13.2 Å². The lowest BCUT2D eigenvalue weighted by atomic mass is 10.0. The highest BCUT2D eigenvalue weighted by atomic mass is 19.4. The third kappa shape index (κ3) is 5.46. The van der Waals surface area contributed by atoms with Crippen LogP contribution in [0.15, 0.2) is 18.2 Å². The second kappa shape index (κ2) is 7.33. The maximum absolute atomic E-state index is 12.5. The molecule has 0 aliphatic carbocycles. The van der Waals surface area contributed by atoms with Gasteiger partial charge in [-0.1, -0.05) is 19.4 Å². The van der Waals surface area contributed by atoms with E-state index in [1.54, 1.807) is 0 Å². The lowest BCUT2D eigenvalue weighted by Gasteiger charge is -2.16. The van der Waals surface area contributed by atoms with Gasteiger partial charge >= 0.3 is 6.18 Å². The standard InChI is InChI=1S/C13H19F3N2O/c1-2-4-10(7-8-19)9-17-12-6-3-5-11(18-12)13(14,15)16/h3,5-6,10,19H,2,4,7-9H2,1H3,(H,17,18). The molecule has 6 heteroatoms. The van der Waals surface area contributed by atoms with E-state index in [0.29, 0.717) is 13.0 Å². The van der Waals surface area contributed by atoms with Gasteiger partial charge < -0.3 is 10.4 Å². The van der Waals surface area contributed by atoms with Gasteiger partial charge in [-0.25, -0.2) is 4.98 Å². The van der Waals surface area contributed by atoms with Crippen molar-refractivity contribution in [3.8, 4) is 0 Å². The second-order valence-corrected chi connectivity index (χ2v) is 4.45. The molecular formula is C13H19F3N2O. The molecule has 3 nitrogen and oxygen atoms in total. The molecule has 0 aliphatic heterocycles. The fourth-order valence-electron chi connectivity index (χ4n) is 1.88. The summed E-state index contributed by atoms with van der Waals surface area (Å²) in [7, 11) is 0. The molecule has 2 N–H and O–H groups in total. The fraction of sp³-hybridized carbons (Fsp3) is 0.615. The Balaban J connectivity index is 2.61. The second-order valence-electron chi connectivity index (χ2n) is 4.45. The summed E-state index contributed by atoms with van der Waals surface area (Å²) in [6, 6.07) is 3.79. The maximum Gasteiger partial charge on any atom is 0.433 e. The summed E-state index contributed by atoms with van der Waals surface area (Å²) < 4.78 is 37.5. The Labute approximate surface area is 110 Å². The van der Waals surface area contributed by atoms with Crippen molar-refractivity contribution in [1.82, 2.24) is 4.98 Å². The zero-order valence-corrected chi connectivity index (χ0v) is 10.9. The van der Waals surface area contributed by atoms with E-state index in [1.165, 1.54) is 12.1 Å². The van der Waals surface area contributed by atoms with Gasteiger partial charge in [0.2, 0.25) is 0 Å². The van der Waals surface area contributed by atoms with Crippen molar-refractivity contribution >= 4 is 5.82 Å². The van der Waals surface area contributed by atoms with Crippen LogP contribution in [0.2, 0.25) is 0 Å². The predicted octanol–water partition coefficient (Wildman–Crippen LogP) is 3.31. The maximum atomic E-state index is 12.5. The molecule has 0 spiro atoms. The molecule has 0 aromatic carbocycles. The molecule has 0 saturated heterocycles. The molecule has 1 unspecified atom stereocenters. The average molecular weight is 276 g/mol. The third-order valence-corrected chi connectivity index (χ3v) is 2.85. The summed E-state index contributed by atoms with van der Waals surface area (Å²) in [5.74, 6) is 0.459. The Morgan fingerprint density at radius 3 is 2.63 bits per heavy atom. The number of hydrogen-bond acceptors (Lipinski definition) is 3. The van der Waals surface area contributed by atoms with Gasteiger partial charge in [0, 0.05) is 13.2 Å². The van der Waals surface area contributed by atoms with E-state index in [0.717, 1.165) is 18.9 Å². The van der Waals surface area contributed by atoms with Crippen LogP contribution in [0.1, 0.15) is 31.9 Å². The minimum atomic E-state index is -4.42. The van der Waals surface area contributed by atoms with E-state index in [4.69, 9.17) is 5.11 Å². The highest BCUT2D eigenvalue weighted by Gasteiger charge is 2.32. The summed E-state index contributed by atoms with van der Waals surface area (Å²) in [4.78, 5) is 3.54. The van der Waals surface area contributed by atoms with Crippen molar-refractivity contribution in [3.05, 3.63) is 23.9 Å². The van der Waals surface area contributed by atoms with E-state index in [1.807, 2.05) is 6.92 Å². The molecule has 1 aromatic heterocycles. The number of alkyl halides is 3. The number of nitrogens with zero attached hydrogens (tertiary/aromatic N) is 1. The van der Waals surface area contributed by atoms with E-state index >= 15 is 0 Å². The predicted molar refractivity (Wildman–Crippen MR) is 67.8 cm³/mol. The van der Waals surface area contributed by atoms with E-state index in [2.05, 4.69) is 10.3 Å². The summed E-state index contributed by atoms with van der Waals surface area (Å²) in [5, 5.41) is 11.8. The number of aliphatic hydroxyl groups excluding tert-OH is 1. The van der Waals surface area contributed by atoms with Crippen LogP contribution >= 0.6 is 0 Å². The van der Waals surface area contributed by atoms with Gasteiger partial charge in [-0.05, 0) is 30.9 Å². The Hall–Kier alpha value is -1.30. The van der Waals surface area contributed by atoms with Crippen molar-refractivity contribution in [3.63, 3.8) is 0 Å². The van der Waals surface area contributed by atoms with Gasteiger partial charge in [-0.15, -0.1) is 0 Å². The monoisotopic (exact) mass is 276 g/mol. The first kappa shape index (κ1) is 15.8. The number of halogens is 3. The molecular weight excluding hydrogens is 257 g/mol. The highest BCUT2D eigenvalue weighted by molar-refractivity contribution is 5.35. The quantitative estimate of drug-likeness (QED) is 0.803. The smallest absolute Gasteiger partial charge is 0.396 e. The summed E-state index contributed by atoms with van der Waals surface area (Å²) in [6.45, 7) is 2.64. The molecule has 1 rings (SSSR count). The first-order valence-electron chi connectivity index (χ1n) is 6.36. The fourth-order valence-corrected chi connectivity index (χ4v) is 1.88. The van der Waals surface area contributed by atoms with Gasteiger partial charge in [0.05, 0.1) is 0 Å². The van der Waals surface area contributed by atoms with Crippen molar-refractivity contribution in [2.24, 2.45) is 5.92 Å². The molecule has 0 radical (unpaired) electrons. The number of anilines is 1.